The fourth-order valence-electron chi connectivity index (χ4n) is 0.757. The minimum Gasteiger partial charge on any atom is -0.480 e. The molecule has 0 saturated heterocycles. The zero-order valence-electron chi connectivity index (χ0n) is 7.89. The Morgan fingerprint density at radius 2 is 2.07 bits per heavy atom. The lowest BCUT2D eigenvalue weighted by Gasteiger charge is -2.14. The minimum absolute atomic E-state index is 0.226. The van der Waals surface area contributed by atoms with Gasteiger partial charge in [-0.3, -0.25) is 14.4 Å². The van der Waals surface area contributed by atoms with Gasteiger partial charge in [-0.1, -0.05) is 6.08 Å². The van der Waals surface area contributed by atoms with Crippen LogP contribution in [0.5, 0.6) is 0 Å². The molecule has 0 saturated carbocycles. The van der Waals surface area contributed by atoms with Crippen molar-refractivity contribution >= 4 is 29.3 Å². The van der Waals surface area contributed by atoms with Crippen molar-refractivity contribution in [2.45, 2.75) is 6.92 Å². The molecule has 78 valence electrons. The van der Waals surface area contributed by atoms with Crippen molar-refractivity contribution in [1.29, 1.82) is 0 Å². The van der Waals surface area contributed by atoms with Gasteiger partial charge in [0.1, 0.15) is 6.54 Å². The van der Waals surface area contributed by atoms with Crippen molar-refractivity contribution < 1.29 is 19.5 Å². The van der Waals surface area contributed by atoms with Crippen LogP contribution in [-0.2, 0) is 14.4 Å². The molecule has 0 aromatic rings. The van der Waals surface area contributed by atoms with E-state index in [-0.39, 0.29) is 11.4 Å². The Morgan fingerprint density at radius 3 is 2.43 bits per heavy atom. The van der Waals surface area contributed by atoms with Crippen molar-refractivity contribution in [3.8, 4) is 0 Å². The van der Waals surface area contributed by atoms with Gasteiger partial charge in [-0.05, 0) is 18.7 Å². The molecule has 0 spiro atoms. The molecule has 0 aliphatic heterocycles. The maximum absolute atomic E-state index is 11.4. The molecular weight excluding hydrogens is 206 g/mol. The first-order valence-electron chi connectivity index (χ1n) is 3.76. The van der Waals surface area contributed by atoms with Gasteiger partial charge in [0.25, 0.3) is 5.91 Å². The van der Waals surface area contributed by atoms with E-state index in [0.717, 1.165) is 16.7 Å². The van der Waals surface area contributed by atoms with Crippen LogP contribution in [0.1, 0.15) is 6.92 Å². The van der Waals surface area contributed by atoms with Gasteiger partial charge >= 0.3 is 5.97 Å². The largest absolute Gasteiger partial charge is 0.480 e. The van der Waals surface area contributed by atoms with Crippen LogP contribution in [0, 0.1) is 0 Å². The van der Waals surface area contributed by atoms with E-state index in [0.29, 0.717) is 5.62 Å². The molecule has 0 radical (unpaired) electrons. The Kier molecular flexibility index (Phi) is 5.62. The average molecular weight is 217 g/mol. The van der Waals surface area contributed by atoms with E-state index in [9.17, 15) is 14.4 Å². The Balaban J connectivity index is 4.42. The summed E-state index contributed by atoms with van der Waals surface area (Å²) in [6.45, 7) is 1.23. The van der Waals surface area contributed by atoms with Crippen molar-refractivity contribution in [3.05, 3.63) is 11.0 Å². The Bertz CT molecular complexity index is 275. The molecule has 5 nitrogen and oxygen atoms in total. The summed E-state index contributed by atoms with van der Waals surface area (Å²) in [4.78, 5) is 33.1. The quantitative estimate of drug-likeness (QED) is 0.531. The zero-order valence-corrected chi connectivity index (χ0v) is 8.71. The van der Waals surface area contributed by atoms with Crippen LogP contribution in [0.25, 0.3) is 0 Å². The second-order valence-electron chi connectivity index (χ2n) is 2.42. The molecule has 0 aliphatic rings. The number of thioether (sulfide) groups is 1. The summed E-state index contributed by atoms with van der Waals surface area (Å²) >= 11 is 0.736. The molecule has 0 aromatic carbocycles. The predicted octanol–water partition coefficient (Wildman–Crippen LogP) is 0.357. The minimum atomic E-state index is -1.09. The Morgan fingerprint density at radius 1 is 1.50 bits per heavy atom. The highest BCUT2D eigenvalue weighted by Crippen LogP contribution is 2.14. The monoisotopic (exact) mass is 217 g/mol. The smallest absolute Gasteiger partial charge is 0.323 e. The summed E-state index contributed by atoms with van der Waals surface area (Å²) < 4.78 is 0. The van der Waals surface area contributed by atoms with E-state index >= 15 is 0 Å². The molecule has 0 atom stereocenters. The Hall–Kier alpha value is -1.30. The highest BCUT2D eigenvalue weighted by Gasteiger charge is 2.16. The fraction of sp³-hybridized carbons (Fsp3) is 0.375. The number of aliphatic carboxylic acids is 1. The third-order valence-corrected chi connectivity index (χ3v) is 2.13. The number of amides is 1. The first-order chi connectivity index (χ1) is 6.52. The molecule has 0 aromatic heterocycles. The van der Waals surface area contributed by atoms with Gasteiger partial charge in [-0.15, -0.1) is 0 Å². The van der Waals surface area contributed by atoms with Crippen LogP contribution in [0.15, 0.2) is 11.0 Å². The van der Waals surface area contributed by atoms with Crippen molar-refractivity contribution in [2.24, 2.45) is 0 Å². The third kappa shape index (κ3) is 4.08. The lowest BCUT2D eigenvalue weighted by atomic mass is 10.4. The van der Waals surface area contributed by atoms with E-state index < -0.39 is 11.9 Å². The third-order valence-electron chi connectivity index (χ3n) is 1.37. The second kappa shape index (κ2) is 6.20. The van der Waals surface area contributed by atoms with Crippen molar-refractivity contribution in [3.63, 3.8) is 0 Å². The van der Waals surface area contributed by atoms with Gasteiger partial charge in [0.15, 0.2) is 5.62 Å². The maximum atomic E-state index is 11.4. The van der Waals surface area contributed by atoms with Crippen LogP contribution >= 0.6 is 11.8 Å². The van der Waals surface area contributed by atoms with E-state index in [1.807, 2.05) is 0 Å². The topological polar surface area (TPSA) is 74.7 Å². The number of rotatable bonds is 5. The van der Waals surface area contributed by atoms with Crippen molar-refractivity contribution in [1.82, 2.24) is 4.90 Å². The summed E-state index contributed by atoms with van der Waals surface area (Å²) in [7, 11) is 1.37. The van der Waals surface area contributed by atoms with Gasteiger partial charge in [-0.25, -0.2) is 0 Å². The molecule has 0 rings (SSSR count). The number of hydrogen-bond donors (Lipinski definition) is 1. The number of carbonyl (C=O) groups is 3. The lowest BCUT2D eigenvalue weighted by Crippen LogP contribution is -2.32. The van der Waals surface area contributed by atoms with Gasteiger partial charge in [0.05, 0.1) is 4.91 Å². The molecule has 6 heteroatoms. The number of carboxylic acids is 1. The van der Waals surface area contributed by atoms with Gasteiger partial charge in [0, 0.05) is 7.05 Å². The van der Waals surface area contributed by atoms with Gasteiger partial charge in [-0.2, -0.15) is 0 Å². The maximum Gasteiger partial charge on any atom is 0.323 e. The molecule has 0 bridgehead atoms. The van der Waals surface area contributed by atoms with Crippen LogP contribution in [0.3, 0.4) is 0 Å². The highest BCUT2D eigenvalue weighted by molar-refractivity contribution is 8.16. The summed E-state index contributed by atoms with van der Waals surface area (Å²) in [5, 5.41) is 8.43. The van der Waals surface area contributed by atoms with E-state index in [1.165, 1.54) is 13.1 Å². The molecule has 1 amide bonds. The number of likely N-dealkylation sites (N-methyl/N-ethyl adjacent to an activating group) is 1. The summed E-state index contributed by atoms with van der Waals surface area (Å²) in [5.74, 6) is -1.56. The van der Waals surface area contributed by atoms with Gasteiger partial charge in [0.2, 0.25) is 0 Å². The van der Waals surface area contributed by atoms with E-state index in [1.54, 1.807) is 6.92 Å². The lowest BCUT2D eigenvalue weighted by molar-refractivity contribution is -0.141. The van der Waals surface area contributed by atoms with E-state index in [2.05, 4.69) is 0 Å². The molecule has 14 heavy (non-hydrogen) atoms. The average Bonchev–Trinajstić information content (AvgIpc) is 2.12. The normalized spacial score (nSPS) is 10.9. The summed E-state index contributed by atoms with van der Waals surface area (Å²) in [6.07, 6.45) is 1.47. The highest BCUT2D eigenvalue weighted by atomic mass is 32.2. The van der Waals surface area contributed by atoms with Crippen LogP contribution < -0.4 is 0 Å². The molecule has 0 aliphatic carbocycles. The van der Waals surface area contributed by atoms with Crippen LogP contribution in [0.4, 0.5) is 0 Å². The molecule has 1 N–H and O–H groups in total. The summed E-state index contributed by atoms with van der Waals surface area (Å²) in [5.41, 5.74) is 0.530. The molecule has 0 heterocycles. The molecule has 0 fully saturated rings. The Labute approximate surface area is 85.8 Å². The van der Waals surface area contributed by atoms with Gasteiger partial charge < -0.3 is 10.0 Å². The van der Waals surface area contributed by atoms with E-state index in [4.69, 9.17) is 5.11 Å². The fourth-order valence-corrected chi connectivity index (χ4v) is 1.25. The molecule has 0 unspecified atom stereocenters. The number of carboxylic acid groups (broad SMARTS) is 1. The number of allylic oxidation sites excluding steroid dienone is 1. The predicted molar refractivity (Wildman–Crippen MR) is 53.4 cm³/mol. The van der Waals surface area contributed by atoms with Crippen LogP contribution in [0.2, 0.25) is 0 Å². The zero-order chi connectivity index (χ0) is 11.1. The first-order valence-corrected chi connectivity index (χ1v) is 4.64. The molecular formula is C8H11NO4S. The second-order valence-corrected chi connectivity index (χ2v) is 3.29. The number of nitrogens with zero attached hydrogens (tertiary/aromatic N) is 1. The first kappa shape index (κ1) is 12.7. The number of carbonyl (C=O) groups excluding carboxylic acids is 2. The summed E-state index contributed by atoms with van der Waals surface area (Å²) in [6, 6.07) is 0. The number of hydrogen-bond acceptors (Lipinski definition) is 4. The van der Waals surface area contributed by atoms with Crippen molar-refractivity contribution in [2.75, 3.05) is 13.6 Å². The standard InChI is InChI=1S/C8H11NO4S/c1-3-6(14-5-10)8(13)9(2)4-7(11)12/h3,5H,4H2,1-2H3,(H,11,12)/b6-3-. The van der Waals surface area contributed by atoms with Crippen LogP contribution in [-0.4, -0.2) is 41.1 Å². The SMILES string of the molecule is C/C=C(\SC=O)C(=O)N(C)CC(=O)O.